The number of carbonyl (C=O) groups is 1. The summed E-state index contributed by atoms with van der Waals surface area (Å²) in [4.78, 5) is 16.7. The Balaban J connectivity index is 1.87. The molecule has 1 amide bonds. The normalized spacial score (nSPS) is 17.1. The van der Waals surface area contributed by atoms with E-state index in [1.54, 1.807) is 18.2 Å². The van der Waals surface area contributed by atoms with E-state index in [-0.39, 0.29) is 11.3 Å². The average Bonchev–Trinajstić information content (AvgIpc) is 3.51. The second-order valence-corrected chi connectivity index (χ2v) is 9.77. The Morgan fingerprint density at radius 1 is 1.16 bits per heavy atom. The summed E-state index contributed by atoms with van der Waals surface area (Å²) >= 11 is 0. The minimum atomic E-state index is -4.79. The van der Waals surface area contributed by atoms with Crippen molar-refractivity contribution < 1.29 is 26.4 Å². The first-order valence-corrected chi connectivity index (χ1v) is 11.6. The number of nitrogens with one attached hydrogen (secondary N) is 2. The molecule has 7 nitrogen and oxygen atoms in total. The third-order valence-electron chi connectivity index (χ3n) is 4.99. The zero-order valence-electron chi connectivity index (χ0n) is 16.8. The second kappa shape index (κ2) is 9.26. The fourth-order valence-electron chi connectivity index (χ4n) is 3.16. The maximum absolute atomic E-state index is 13.8. The summed E-state index contributed by atoms with van der Waals surface area (Å²) in [7, 11) is -4.03. The average molecular weight is 466 g/mol. The van der Waals surface area contributed by atoms with Crippen LogP contribution in [0.3, 0.4) is 0 Å². The topological polar surface area (TPSA) is 112 Å². The number of nitrogens with zero attached hydrogens (tertiary/aromatic N) is 2. The molecule has 0 spiro atoms. The molecule has 1 aliphatic rings. The van der Waals surface area contributed by atoms with Crippen LogP contribution in [0.2, 0.25) is 0 Å². The lowest BCUT2D eigenvalue weighted by Crippen LogP contribution is -2.54. The molecule has 1 aromatic carbocycles. The standard InChI is InChI=1S/C21H21F3N4O3S/c22-21(23,24)18(15-6-2-1-3-7-15)27-17(19(29)28-20(14-25)9-10-20)13-32(30,31)12-16-8-4-5-11-26-16/h1-8,11,17-18,27H,9-10,12-13H2,(H,28,29)/t17-,18?/m0/s1. The molecule has 3 rings (SSSR count). The fourth-order valence-corrected chi connectivity index (χ4v) is 4.65. The molecular weight excluding hydrogens is 445 g/mol. The predicted octanol–water partition coefficient (Wildman–Crippen LogP) is 2.43. The van der Waals surface area contributed by atoms with Gasteiger partial charge in [-0.3, -0.25) is 15.1 Å². The fraction of sp³-hybridized carbons (Fsp3) is 0.381. The van der Waals surface area contributed by atoms with Gasteiger partial charge in [-0.05, 0) is 30.5 Å². The van der Waals surface area contributed by atoms with Gasteiger partial charge in [0.05, 0.1) is 23.3 Å². The lowest BCUT2D eigenvalue weighted by atomic mass is 10.1. The van der Waals surface area contributed by atoms with Gasteiger partial charge in [-0.25, -0.2) is 8.42 Å². The minimum Gasteiger partial charge on any atom is -0.336 e. The predicted molar refractivity (Wildman–Crippen MR) is 110 cm³/mol. The van der Waals surface area contributed by atoms with Crippen molar-refractivity contribution in [1.82, 2.24) is 15.6 Å². The van der Waals surface area contributed by atoms with Crippen LogP contribution in [0.1, 0.15) is 30.1 Å². The number of aromatic nitrogens is 1. The Morgan fingerprint density at radius 2 is 1.81 bits per heavy atom. The Bertz CT molecular complexity index is 1080. The second-order valence-electron chi connectivity index (χ2n) is 7.66. The van der Waals surface area contributed by atoms with Crippen LogP contribution >= 0.6 is 0 Å². The highest BCUT2D eigenvalue weighted by molar-refractivity contribution is 7.90. The van der Waals surface area contributed by atoms with Gasteiger partial charge in [-0.1, -0.05) is 36.4 Å². The SMILES string of the molecule is N#CC1(NC(=O)[C@H](CS(=O)(=O)Cc2ccccn2)NC(c2ccccc2)C(F)(F)F)CC1. The number of halogens is 3. The highest BCUT2D eigenvalue weighted by Crippen LogP contribution is 2.35. The van der Waals surface area contributed by atoms with E-state index in [9.17, 15) is 31.6 Å². The number of benzene rings is 1. The van der Waals surface area contributed by atoms with Gasteiger partial charge in [-0.2, -0.15) is 18.4 Å². The largest absolute Gasteiger partial charge is 0.407 e. The molecule has 1 fully saturated rings. The van der Waals surface area contributed by atoms with Crippen molar-refractivity contribution in [1.29, 1.82) is 5.26 Å². The Labute approximate surface area is 183 Å². The van der Waals surface area contributed by atoms with E-state index in [4.69, 9.17) is 0 Å². The molecule has 2 aromatic rings. The minimum absolute atomic E-state index is 0.165. The summed E-state index contributed by atoms with van der Waals surface area (Å²) in [6, 6.07) is 9.40. The maximum atomic E-state index is 13.8. The molecule has 1 unspecified atom stereocenters. The van der Waals surface area contributed by atoms with Crippen molar-refractivity contribution in [3.63, 3.8) is 0 Å². The first-order chi connectivity index (χ1) is 15.0. The molecule has 1 saturated carbocycles. The summed E-state index contributed by atoms with van der Waals surface area (Å²) in [6.07, 6.45) is -2.70. The molecule has 11 heteroatoms. The molecule has 0 bridgehead atoms. The summed E-state index contributed by atoms with van der Waals surface area (Å²) in [5.41, 5.74) is -1.12. The number of hydrogen-bond acceptors (Lipinski definition) is 6. The van der Waals surface area contributed by atoms with E-state index in [2.05, 4.69) is 15.6 Å². The van der Waals surface area contributed by atoms with Gasteiger partial charge in [-0.15, -0.1) is 0 Å². The molecule has 1 heterocycles. The third kappa shape index (κ3) is 6.27. The Morgan fingerprint density at radius 3 is 2.34 bits per heavy atom. The van der Waals surface area contributed by atoms with Crippen LogP contribution in [0.15, 0.2) is 54.7 Å². The van der Waals surface area contributed by atoms with E-state index in [1.807, 2.05) is 6.07 Å². The lowest BCUT2D eigenvalue weighted by Gasteiger charge is -2.28. The monoisotopic (exact) mass is 466 g/mol. The van der Waals surface area contributed by atoms with Gasteiger partial charge in [0.1, 0.15) is 17.6 Å². The highest BCUT2D eigenvalue weighted by atomic mass is 32.2. The first-order valence-electron chi connectivity index (χ1n) is 9.75. The van der Waals surface area contributed by atoms with E-state index in [0.29, 0.717) is 12.8 Å². The first kappa shape index (κ1) is 23.7. The lowest BCUT2D eigenvalue weighted by molar-refractivity contribution is -0.160. The molecule has 1 aliphatic carbocycles. The van der Waals surface area contributed by atoms with E-state index >= 15 is 0 Å². The van der Waals surface area contributed by atoms with E-state index < -0.39 is 51.0 Å². The van der Waals surface area contributed by atoms with Crippen LogP contribution in [-0.4, -0.2) is 42.8 Å². The smallest absolute Gasteiger partial charge is 0.336 e. The van der Waals surface area contributed by atoms with Gasteiger partial charge < -0.3 is 5.32 Å². The Kier molecular flexibility index (Phi) is 6.85. The zero-order chi connectivity index (χ0) is 23.4. The van der Waals surface area contributed by atoms with E-state index in [0.717, 1.165) is 0 Å². The maximum Gasteiger partial charge on any atom is 0.407 e. The number of sulfone groups is 1. The molecule has 2 N–H and O–H groups in total. The van der Waals surface area contributed by atoms with Crippen molar-refractivity contribution in [2.75, 3.05) is 5.75 Å². The van der Waals surface area contributed by atoms with Crippen LogP contribution in [0, 0.1) is 11.3 Å². The van der Waals surface area contributed by atoms with Crippen molar-refractivity contribution >= 4 is 15.7 Å². The van der Waals surface area contributed by atoms with Crippen LogP contribution < -0.4 is 10.6 Å². The summed E-state index contributed by atoms with van der Waals surface area (Å²) < 4.78 is 66.9. The van der Waals surface area contributed by atoms with Crippen LogP contribution in [0.25, 0.3) is 0 Å². The summed E-state index contributed by atoms with van der Waals surface area (Å²) in [6.45, 7) is 0. The van der Waals surface area contributed by atoms with Gasteiger partial charge >= 0.3 is 6.18 Å². The van der Waals surface area contributed by atoms with Gasteiger partial charge in [0.25, 0.3) is 0 Å². The summed E-state index contributed by atoms with van der Waals surface area (Å²) in [5.74, 6) is -2.40. The molecule has 32 heavy (non-hydrogen) atoms. The number of amides is 1. The van der Waals surface area contributed by atoms with Crippen molar-refractivity contribution in [2.45, 2.75) is 42.4 Å². The van der Waals surface area contributed by atoms with Crippen molar-refractivity contribution in [2.24, 2.45) is 0 Å². The van der Waals surface area contributed by atoms with Crippen LogP contribution in [-0.2, 0) is 20.4 Å². The van der Waals surface area contributed by atoms with Gasteiger partial charge in [0, 0.05) is 6.20 Å². The van der Waals surface area contributed by atoms with Crippen LogP contribution in [0.4, 0.5) is 13.2 Å². The van der Waals surface area contributed by atoms with Gasteiger partial charge in [0.2, 0.25) is 5.91 Å². The summed E-state index contributed by atoms with van der Waals surface area (Å²) in [5, 5.41) is 13.8. The van der Waals surface area contributed by atoms with E-state index in [1.165, 1.54) is 36.5 Å². The zero-order valence-corrected chi connectivity index (χ0v) is 17.7. The molecule has 2 atom stereocenters. The van der Waals surface area contributed by atoms with Crippen molar-refractivity contribution in [3.05, 3.63) is 66.0 Å². The molecule has 0 aliphatic heterocycles. The van der Waals surface area contributed by atoms with Crippen LogP contribution in [0.5, 0.6) is 0 Å². The van der Waals surface area contributed by atoms with Crippen molar-refractivity contribution in [3.8, 4) is 6.07 Å². The molecule has 170 valence electrons. The van der Waals surface area contributed by atoms with Gasteiger partial charge in [0.15, 0.2) is 9.84 Å². The third-order valence-corrected chi connectivity index (χ3v) is 6.56. The number of alkyl halides is 3. The highest BCUT2D eigenvalue weighted by Gasteiger charge is 2.48. The molecule has 0 radical (unpaired) electrons. The quantitative estimate of drug-likeness (QED) is 0.587. The molecule has 0 saturated heterocycles. The number of rotatable bonds is 9. The Hall–Kier alpha value is -2.97. The number of hydrogen-bond donors (Lipinski definition) is 2. The molecule has 1 aromatic heterocycles. The number of carbonyl (C=O) groups excluding carboxylic acids is 1. The molecular formula is C21H21F3N4O3S. The number of pyridine rings is 1. The number of nitriles is 1.